The first-order valence-electron chi connectivity index (χ1n) is 7.70. The maximum absolute atomic E-state index is 11.7. The summed E-state index contributed by atoms with van der Waals surface area (Å²) in [5, 5.41) is 11.6. The Hall–Kier alpha value is -0.870. The van der Waals surface area contributed by atoms with E-state index in [9.17, 15) is 9.90 Å². The van der Waals surface area contributed by atoms with Gasteiger partial charge in [-0.3, -0.25) is 9.69 Å². The van der Waals surface area contributed by atoms with Crippen LogP contribution in [-0.4, -0.2) is 28.6 Å². The Kier molecular flexibility index (Phi) is 5.61. The third-order valence-electron chi connectivity index (χ3n) is 4.28. The molecule has 0 amide bonds. The van der Waals surface area contributed by atoms with Gasteiger partial charge in [0.05, 0.1) is 0 Å². The SMILES string of the molecule is CCCCCCC(C)N1CCc2sccc2C1C(=O)O. The lowest BCUT2D eigenvalue weighted by Gasteiger charge is -2.37. The second-order valence-corrected chi connectivity index (χ2v) is 6.73. The zero-order chi connectivity index (χ0) is 14.5. The Labute approximate surface area is 125 Å². The molecule has 0 fully saturated rings. The minimum atomic E-state index is -0.704. The molecule has 0 aliphatic carbocycles. The Bertz CT molecular complexity index is 443. The first-order valence-corrected chi connectivity index (χ1v) is 8.58. The summed E-state index contributed by atoms with van der Waals surface area (Å²) in [7, 11) is 0. The summed E-state index contributed by atoms with van der Waals surface area (Å²) < 4.78 is 0. The Morgan fingerprint density at radius 2 is 2.30 bits per heavy atom. The molecule has 0 spiro atoms. The Balaban J connectivity index is 2.01. The maximum Gasteiger partial charge on any atom is 0.325 e. The van der Waals surface area contributed by atoms with E-state index < -0.39 is 12.0 Å². The molecule has 4 heteroatoms. The van der Waals surface area contributed by atoms with E-state index in [0.717, 1.165) is 24.9 Å². The van der Waals surface area contributed by atoms with Crippen molar-refractivity contribution in [2.75, 3.05) is 6.54 Å². The van der Waals surface area contributed by atoms with Crippen molar-refractivity contribution in [2.45, 2.75) is 64.5 Å². The van der Waals surface area contributed by atoms with E-state index in [1.165, 1.54) is 30.6 Å². The molecule has 1 aromatic heterocycles. The molecule has 2 heterocycles. The predicted molar refractivity (Wildman–Crippen MR) is 83.3 cm³/mol. The van der Waals surface area contributed by atoms with Crippen molar-refractivity contribution in [1.82, 2.24) is 4.90 Å². The number of thiophene rings is 1. The van der Waals surface area contributed by atoms with E-state index in [4.69, 9.17) is 0 Å². The third kappa shape index (κ3) is 3.41. The Morgan fingerprint density at radius 3 is 3.00 bits per heavy atom. The highest BCUT2D eigenvalue weighted by Crippen LogP contribution is 2.35. The molecule has 2 unspecified atom stereocenters. The molecule has 112 valence electrons. The average Bonchev–Trinajstić information content (AvgIpc) is 2.90. The van der Waals surface area contributed by atoms with Gasteiger partial charge in [-0.15, -0.1) is 11.3 Å². The van der Waals surface area contributed by atoms with Gasteiger partial charge in [-0.05, 0) is 36.8 Å². The fourth-order valence-electron chi connectivity index (χ4n) is 3.12. The first kappa shape index (κ1) is 15.5. The molecule has 0 radical (unpaired) electrons. The van der Waals surface area contributed by atoms with Gasteiger partial charge in [0, 0.05) is 17.5 Å². The largest absolute Gasteiger partial charge is 0.480 e. The second-order valence-electron chi connectivity index (χ2n) is 5.73. The smallest absolute Gasteiger partial charge is 0.325 e. The van der Waals surface area contributed by atoms with Crippen LogP contribution in [0.2, 0.25) is 0 Å². The van der Waals surface area contributed by atoms with Crippen molar-refractivity contribution in [3.8, 4) is 0 Å². The minimum absolute atomic E-state index is 0.348. The maximum atomic E-state index is 11.7. The van der Waals surface area contributed by atoms with Crippen LogP contribution in [0.5, 0.6) is 0 Å². The highest BCUT2D eigenvalue weighted by molar-refractivity contribution is 7.10. The monoisotopic (exact) mass is 295 g/mol. The van der Waals surface area contributed by atoms with Crippen LogP contribution in [-0.2, 0) is 11.2 Å². The van der Waals surface area contributed by atoms with Crippen molar-refractivity contribution in [1.29, 1.82) is 0 Å². The van der Waals surface area contributed by atoms with E-state index >= 15 is 0 Å². The van der Waals surface area contributed by atoms with Gasteiger partial charge in [0.1, 0.15) is 6.04 Å². The molecule has 1 aromatic rings. The molecule has 2 atom stereocenters. The van der Waals surface area contributed by atoms with Gasteiger partial charge in [-0.25, -0.2) is 0 Å². The van der Waals surface area contributed by atoms with Gasteiger partial charge >= 0.3 is 5.97 Å². The normalized spacial score (nSPS) is 20.6. The number of hydrogen-bond donors (Lipinski definition) is 1. The number of rotatable bonds is 7. The molecule has 20 heavy (non-hydrogen) atoms. The van der Waals surface area contributed by atoms with Crippen molar-refractivity contribution in [3.05, 3.63) is 21.9 Å². The summed E-state index contributed by atoms with van der Waals surface area (Å²) in [5.74, 6) is -0.704. The van der Waals surface area contributed by atoms with Crippen molar-refractivity contribution >= 4 is 17.3 Å². The van der Waals surface area contributed by atoms with Crippen LogP contribution in [0.15, 0.2) is 11.4 Å². The molecule has 1 N–H and O–H groups in total. The van der Waals surface area contributed by atoms with Crippen LogP contribution in [0.3, 0.4) is 0 Å². The van der Waals surface area contributed by atoms with Gasteiger partial charge < -0.3 is 5.11 Å². The van der Waals surface area contributed by atoms with E-state index in [0.29, 0.717) is 6.04 Å². The van der Waals surface area contributed by atoms with Crippen LogP contribution in [0.4, 0.5) is 0 Å². The zero-order valence-electron chi connectivity index (χ0n) is 12.5. The van der Waals surface area contributed by atoms with E-state index in [-0.39, 0.29) is 0 Å². The van der Waals surface area contributed by atoms with Gasteiger partial charge in [-0.1, -0.05) is 32.6 Å². The third-order valence-corrected chi connectivity index (χ3v) is 5.28. The van der Waals surface area contributed by atoms with Crippen molar-refractivity contribution in [2.24, 2.45) is 0 Å². The molecule has 1 aliphatic heterocycles. The molecule has 0 saturated carbocycles. The number of carboxylic acid groups (broad SMARTS) is 1. The summed E-state index contributed by atoms with van der Waals surface area (Å²) in [6.07, 6.45) is 7.08. The second kappa shape index (κ2) is 7.23. The van der Waals surface area contributed by atoms with Crippen LogP contribution in [0, 0.1) is 0 Å². The standard InChI is InChI=1S/C16H25NO2S/c1-3-4-5-6-7-12(2)17-10-8-14-13(9-11-20-14)15(17)16(18)19/h9,11-12,15H,3-8,10H2,1-2H3,(H,18,19). The van der Waals surface area contributed by atoms with E-state index in [1.54, 1.807) is 11.3 Å². The zero-order valence-corrected chi connectivity index (χ0v) is 13.3. The van der Waals surface area contributed by atoms with Crippen LogP contribution < -0.4 is 0 Å². The molecule has 0 bridgehead atoms. The molecular formula is C16H25NO2S. The van der Waals surface area contributed by atoms with E-state index in [2.05, 4.69) is 18.7 Å². The van der Waals surface area contributed by atoms with Gasteiger partial charge in [0.15, 0.2) is 0 Å². The summed E-state index contributed by atoms with van der Waals surface area (Å²) in [6.45, 7) is 5.27. The molecular weight excluding hydrogens is 270 g/mol. The molecule has 3 nitrogen and oxygen atoms in total. The number of unbranched alkanes of at least 4 members (excludes halogenated alkanes) is 3. The van der Waals surface area contributed by atoms with Gasteiger partial charge in [0.2, 0.25) is 0 Å². The molecule has 1 aliphatic rings. The van der Waals surface area contributed by atoms with Crippen molar-refractivity contribution < 1.29 is 9.90 Å². The minimum Gasteiger partial charge on any atom is -0.480 e. The summed E-state index contributed by atoms with van der Waals surface area (Å²) >= 11 is 1.69. The van der Waals surface area contributed by atoms with Crippen LogP contribution in [0.1, 0.15) is 62.4 Å². The van der Waals surface area contributed by atoms with Gasteiger partial charge in [0.25, 0.3) is 0 Å². The van der Waals surface area contributed by atoms with Crippen LogP contribution in [0.25, 0.3) is 0 Å². The molecule has 0 saturated heterocycles. The lowest BCUT2D eigenvalue weighted by atomic mass is 9.96. The quantitative estimate of drug-likeness (QED) is 0.770. The van der Waals surface area contributed by atoms with E-state index in [1.807, 2.05) is 11.4 Å². The number of carboxylic acids is 1. The topological polar surface area (TPSA) is 40.5 Å². The average molecular weight is 295 g/mol. The lowest BCUT2D eigenvalue weighted by Crippen LogP contribution is -2.44. The highest BCUT2D eigenvalue weighted by Gasteiger charge is 2.35. The summed E-state index contributed by atoms with van der Waals surface area (Å²) in [4.78, 5) is 15.1. The molecule has 0 aromatic carbocycles. The number of carbonyl (C=O) groups is 1. The fourth-order valence-corrected chi connectivity index (χ4v) is 4.02. The molecule has 2 rings (SSSR count). The summed E-state index contributed by atoms with van der Waals surface area (Å²) in [6, 6.07) is 1.90. The fraction of sp³-hybridized carbons (Fsp3) is 0.688. The van der Waals surface area contributed by atoms with Crippen LogP contribution >= 0.6 is 11.3 Å². The number of aliphatic carboxylic acids is 1. The number of fused-ring (bicyclic) bond motifs is 1. The van der Waals surface area contributed by atoms with Crippen molar-refractivity contribution in [3.63, 3.8) is 0 Å². The first-order chi connectivity index (χ1) is 9.65. The Morgan fingerprint density at radius 1 is 1.50 bits per heavy atom. The summed E-state index contributed by atoms with van der Waals surface area (Å²) in [5.41, 5.74) is 1.02. The predicted octanol–water partition coefficient (Wildman–Crippen LogP) is 4.09. The number of nitrogens with zero attached hydrogens (tertiary/aromatic N) is 1. The van der Waals surface area contributed by atoms with Gasteiger partial charge in [-0.2, -0.15) is 0 Å². The number of hydrogen-bond acceptors (Lipinski definition) is 3. The highest BCUT2D eigenvalue weighted by atomic mass is 32.1. The lowest BCUT2D eigenvalue weighted by molar-refractivity contribution is -0.145.